The number of carbonyl (C=O) groups is 2. The molecule has 3 aromatic carbocycles. The second kappa shape index (κ2) is 11.0. The molecule has 0 aliphatic carbocycles. The maximum atomic E-state index is 14.3. The molecule has 6 rings (SSSR count). The second-order valence-corrected chi connectivity index (χ2v) is 13.5. The van der Waals surface area contributed by atoms with Crippen molar-refractivity contribution in [1.82, 2.24) is 9.88 Å². The number of pyridine rings is 1. The number of amides is 1. The van der Waals surface area contributed by atoms with Crippen LogP contribution in [-0.4, -0.2) is 52.6 Å². The maximum Gasteiger partial charge on any atom is 0.326 e. The van der Waals surface area contributed by atoms with Crippen LogP contribution in [0.5, 0.6) is 0 Å². The van der Waals surface area contributed by atoms with E-state index in [1.54, 1.807) is 24.4 Å². The highest BCUT2D eigenvalue weighted by Crippen LogP contribution is 2.47. The normalized spacial score (nSPS) is 22.2. The van der Waals surface area contributed by atoms with E-state index in [1.807, 2.05) is 91.0 Å². The molecule has 4 aromatic rings. The van der Waals surface area contributed by atoms with Crippen molar-refractivity contribution < 1.29 is 22.7 Å². The van der Waals surface area contributed by atoms with Crippen LogP contribution in [0.1, 0.15) is 22.9 Å². The standard InChI is InChI=1S/C32H26N2O5S2/c35-29-27(20-25-16-10-11-19-33-25)30-34(29)21-32(22-41(30,37)38,40-26-17-8-3-9-18-26)31(36)39-28(23-12-4-1-5-13-23)24-14-6-2-7-15-24/h1-20,28,30H,21-22H2/t30-,32?/m1/s1. The fraction of sp³-hybridized carbons (Fsp3) is 0.156. The molecule has 0 N–H and O–H groups in total. The Balaban J connectivity index is 1.38. The molecule has 0 radical (unpaired) electrons. The highest BCUT2D eigenvalue weighted by Gasteiger charge is 2.62. The lowest BCUT2D eigenvalue weighted by Gasteiger charge is -2.50. The van der Waals surface area contributed by atoms with Gasteiger partial charge in [-0.2, -0.15) is 0 Å². The second-order valence-electron chi connectivity index (χ2n) is 9.96. The lowest BCUT2D eigenvalue weighted by Crippen LogP contribution is -2.70. The fourth-order valence-electron chi connectivity index (χ4n) is 5.24. The van der Waals surface area contributed by atoms with Crippen molar-refractivity contribution in [3.05, 3.63) is 138 Å². The van der Waals surface area contributed by atoms with Crippen LogP contribution in [0, 0.1) is 0 Å². The molecule has 0 bridgehead atoms. The van der Waals surface area contributed by atoms with Gasteiger partial charge in [-0.1, -0.05) is 84.9 Å². The number of esters is 1. The van der Waals surface area contributed by atoms with Gasteiger partial charge < -0.3 is 9.64 Å². The first-order valence-electron chi connectivity index (χ1n) is 13.1. The van der Waals surface area contributed by atoms with Gasteiger partial charge in [-0.3, -0.25) is 14.6 Å². The smallest absolute Gasteiger partial charge is 0.326 e. The molecule has 0 saturated carbocycles. The Kier molecular flexibility index (Phi) is 7.23. The maximum absolute atomic E-state index is 14.3. The van der Waals surface area contributed by atoms with Crippen molar-refractivity contribution in [2.45, 2.75) is 21.1 Å². The Morgan fingerprint density at radius 2 is 1.49 bits per heavy atom. The summed E-state index contributed by atoms with van der Waals surface area (Å²) in [5.74, 6) is -1.61. The minimum atomic E-state index is -3.98. The summed E-state index contributed by atoms with van der Waals surface area (Å²) >= 11 is 1.12. The number of ether oxygens (including phenoxy) is 1. The van der Waals surface area contributed by atoms with E-state index in [4.69, 9.17) is 4.74 Å². The van der Waals surface area contributed by atoms with Crippen molar-refractivity contribution in [2.75, 3.05) is 12.3 Å². The monoisotopic (exact) mass is 582 g/mol. The van der Waals surface area contributed by atoms with Gasteiger partial charge in [0.2, 0.25) is 0 Å². The number of rotatable bonds is 7. The third kappa shape index (κ3) is 5.30. The van der Waals surface area contributed by atoms with Crippen LogP contribution in [0.25, 0.3) is 6.08 Å². The quantitative estimate of drug-likeness (QED) is 0.173. The van der Waals surface area contributed by atoms with E-state index in [0.717, 1.165) is 22.9 Å². The number of fused-ring (bicyclic) bond motifs is 1. The van der Waals surface area contributed by atoms with Crippen LogP contribution in [-0.2, 0) is 24.2 Å². The third-order valence-electron chi connectivity index (χ3n) is 7.11. The summed E-state index contributed by atoms with van der Waals surface area (Å²) in [6.07, 6.45) is 2.33. The Labute approximate surface area is 242 Å². The van der Waals surface area contributed by atoms with Gasteiger partial charge in [0, 0.05) is 17.6 Å². The fourth-order valence-corrected chi connectivity index (χ4v) is 9.18. The molecule has 1 aromatic heterocycles. The van der Waals surface area contributed by atoms with Crippen LogP contribution in [0.15, 0.2) is 126 Å². The summed E-state index contributed by atoms with van der Waals surface area (Å²) in [4.78, 5) is 33.7. The van der Waals surface area contributed by atoms with E-state index < -0.39 is 43.7 Å². The minimum Gasteiger partial charge on any atom is -0.451 e. The number of hydrogen-bond donors (Lipinski definition) is 0. The van der Waals surface area contributed by atoms with Crippen molar-refractivity contribution in [3.8, 4) is 0 Å². The van der Waals surface area contributed by atoms with Gasteiger partial charge in [0.15, 0.2) is 21.3 Å². The van der Waals surface area contributed by atoms with Gasteiger partial charge in [0.1, 0.15) is 4.75 Å². The van der Waals surface area contributed by atoms with E-state index in [2.05, 4.69) is 4.98 Å². The average Bonchev–Trinajstić information content (AvgIpc) is 3.00. The average molecular weight is 583 g/mol. The Hall–Kier alpha value is -4.21. The molecule has 9 heteroatoms. The number of β-lactam (4-membered cyclic amide) rings is 1. The highest BCUT2D eigenvalue weighted by atomic mass is 32.2. The van der Waals surface area contributed by atoms with E-state index in [-0.39, 0.29) is 12.1 Å². The number of aromatic nitrogens is 1. The number of nitrogens with zero attached hydrogens (tertiary/aromatic N) is 2. The summed E-state index contributed by atoms with van der Waals surface area (Å²) in [7, 11) is -3.98. The van der Waals surface area contributed by atoms with E-state index >= 15 is 0 Å². The summed E-state index contributed by atoms with van der Waals surface area (Å²) in [5, 5.41) is -1.13. The predicted molar refractivity (Wildman–Crippen MR) is 157 cm³/mol. The summed E-state index contributed by atoms with van der Waals surface area (Å²) in [6, 6.07) is 33.0. The number of sulfone groups is 1. The lowest BCUT2D eigenvalue weighted by molar-refractivity contribution is -0.152. The zero-order valence-corrected chi connectivity index (χ0v) is 23.5. The molecule has 2 aliphatic rings. The van der Waals surface area contributed by atoms with Crippen molar-refractivity contribution in [1.29, 1.82) is 0 Å². The van der Waals surface area contributed by atoms with Gasteiger partial charge in [-0.15, -0.1) is 11.8 Å². The molecule has 2 aliphatic heterocycles. The zero-order chi connectivity index (χ0) is 28.5. The van der Waals surface area contributed by atoms with Crippen molar-refractivity contribution in [3.63, 3.8) is 0 Å². The first-order valence-corrected chi connectivity index (χ1v) is 15.6. The van der Waals surface area contributed by atoms with Gasteiger partial charge in [0.25, 0.3) is 5.91 Å². The van der Waals surface area contributed by atoms with E-state index in [0.29, 0.717) is 10.6 Å². The number of hydrogen-bond acceptors (Lipinski definition) is 7. The van der Waals surface area contributed by atoms with Gasteiger partial charge in [-0.25, -0.2) is 8.42 Å². The third-order valence-corrected chi connectivity index (χ3v) is 10.7. The van der Waals surface area contributed by atoms with E-state index in [9.17, 15) is 18.0 Å². The topological polar surface area (TPSA) is 93.6 Å². The van der Waals surface area contributed by atoms with E-state index in [1.165, 1.54) is 11.0 Å². The largest absolute Gasteiger partial charge is 0.451 e. The molecule has 2 fully saturated rings. The van der Waals surface area contributed by atoms with Gasteiger partial charge >= 0.3 is 5.97 Å². The summed E-state index contributed by atoms with van der Waals surface area (Å²) < 4.78 is 32.3. The first-order chi connectivity index (χ1) is 19.9. The molecule has 2 saturated heterocycles. The molecule has 1 unspecified atom stereocenters. The molecule has 1 amide bonds. The Morgan fingerprint density at radius 3 is 2.07 bits per heavy atom. The van der Waals surface area contributed by atoms with Crippen LogP contribution in [0.3, 0.4) is 0 Å². The number of benzene rings is 3. The molecular weight excluding hydrogens is 556 g/mol. The molecule has 2 atom stereocenters. The van der Waals surface area contributed by atoms with Crippen LogP contribution < -0.4 is 0 Å². The number of carbonyl (C=O) groups excluding carboxylic acids is 2. The van der Waals surface area contributed by atoms with Crippen LogP contribution in [0.4, 0.5) is 0 Å². The molecule has 41 heavy (non-hydrogen) atoms. The van der Waals surface area contributed by atoms with Gasteiger partial charge in [0.05, 0.1) is 17.0 Å². The van der Waals surface area contributed by atoms with Crippen molar-refractivity contribution >= 4 is 39.6 Å². The minimum absolute atomic E-state index is 0.107. The Bertz CT molecular complexity index is 1660. The zero-order valence-electron chi connectivity index (χ0n) is 21.9. The highest BCUT2D eigenvalue weighted by molar-refractivity contribution is 8.03. The summed E-state index contributed by atoms with van der Waals surface area (Å²) in [6.45, 7) is -0.107. The molecule has 0 spiro atoms. The first kappa shape index (κ1) is 27.0. The predicted octanol–water partition coefficient (Wildman–Crippen LogP) is 4.93. The number of thioether (sulfide) groups is 1. The van der Waals surface area contributed by atoms with Crippen LogP contribution >= 0.6 is 11.8 Å². The molecule has 206 valence electrons. The van der Waals surface area contributed by atoms with Gasteiger partial charge in [-0.05, 0) is 41.5 Å². The molecular formula is C32H26N2O5S2. The Morgan fingerprint density at radius 1 is 0.902 bits per heavy atom. The SMILES string of the molecule is O=C1C(=Cc2ccccn2)[C@@H]2N1CC(Sc1ccccc1)(C(=O)OC(c1ccccc1)c1ccccc1)CS2(=O)=O. The molecule has 3 heterocycles. The summed E-state index contributed by atoms with van der Waals surface area (Å²) in [5.41, 5.74) is 2.16. The lowest BCUT2D eigenvalue weighted by atomic mass is 9.99. The van der Waals surface area contributed by atoms with Crippen molar-refractivity contribution in [2.24, 2.45) is 0 Å². The molecule has 7 nitrogen and oxygen atoms in total. The van der Waals surface area contributed by atoms with Crippen LogP contribution in [0.2, 0.25) is 0 Å².